The molecule has 0 saturated carbocycles. The van der Waals surface area contributed by atoms with Gasteiger partial charge in [-0.05, 0) is 96.3 Å². The number of hydrogen-bond acceptors (Lipinski definition) is 7. The van der Waals surface area contributed by atoms with E-state index in [4.69, 9.17) is 18.9 Å². The van der Waals surface area contributed by atoms with Gasteiger partial charge in [0.2, 0.25) is 0 Å². The van der Waals surface area contributed by atoms with Gasteiger partial charge in [0.05, 0.1) is 34.4 Å². The van der Waals surface area contributed by atoms with Gasteiger partial charge in [-0.3, -0.25) is 9.59 Å². The maximum atomic E-state index is 12.9. The van der Waals surface area contributed by atoms with E-state index >= 15 is 0 Å². The molecule has 0 aliphatic rings. The summed E-state index contributed by atoms with van der Waals surface area (Å²) in [6, 6.07) is 0. The quantitative estimate of drug-likeness (QED) is 0.0211. The van der Waals surface area contributed by atoms with Crippen molar-refractivity contribution < 1.29 is 42.9 Å². The number of quaternary nitrogens is 1. The van der Waals surface area contributed by atoms with Crippen LogP contribution in [0, 0.1) is 0 Å². The number of carboxylic acid groups (broad SMARTS) is 1. The summed E-state index contributed by atoms with van der Waals surface area (Å²) < 4.78 is 22.8. The van der Waals surface area contributed by atoms with Gasteiger partial charge in [0, 0.05) is 12.8 Å². The molecule has 0 spiro atoms. The zero-order valence-electron chi connectivity index (χ0n) is 47.3. The molecule has 1 N–H and O–H groups in total. The maximum Gasteiger partial charge on any atom is 0.361 e. The highest BCUT2D eigenvalue weighted by Gasteiger charge is 2.25. The van der Waals surface area contributed by atoms with E-state index < -0.39 is 24.3 Å². The van der Waals surface area contributed by atoms with Crippen molar-refractivity contribution in [3.8, 4) is 0 Å². The van der Waals surface area contributed by atoms with Crippen LogP contribution >= 0.6 is 0 Å². The van der Waals surface area contributed by atoms with Gasteiger partial charge in [-0.15, -0.1) is 0 Å². The molecule has 2 atom stereocenters. The molecule has 0 bridgehead atoms. The van der Waals surface area contributed by atoms with Crippen LogP contribution in [0.3, 0.4) is 0 Å². The molecule has 0 aliphatic heterocycles. The Hall–Kier alpha value is -4.05. The standard InChI is InChI=1S/C64H107NO8/c1-6-8-10-12-14-16-18-20-22-23-24-25-26-27-28-29-30-31-32-33-34-35-36-37-38-39-41-43-45-47-49-51-53-55-62(67)73-60(59-72-64(63(68)69)70-57-56-65(3,4)5)58-71-61(66)54-52-50-48-46-44-42-40-21-19-17-15-13-11-9-7-2/h8-11,14-17,20-22,24-25,27-28,30-31,40,60,64H,6-7,12-13,18-19,23,26,29,32-39,41-59H2,1-5H3/p+1/b10-8-,11-9-,16-14-,17-15-,22-20-,25-24-,28-27-,31-30-,40-21-. The molecule has 9 nitrogen and oxygen atoms in total. The number of rotatable bonds is 52. The molecule has 0 aromatic rings. The summed E-state index contributed by atoms with van der Waals surface area (Å²) in [6.07, 6.45) is 71.7. The van der Waals surface area contributed by atoms with Gasteiger partial charge in [0.25, 0.3) is 6.29 Å². The predicted molar refractivity (Wildman–Crippen MR) is 308 cm³/mol. The van der Waals surface area contributed by atoms with E-state index in [-0.39, 0.29) is 38.6 Å². The summed E-state index contributed by atoms with van der Waals surface area (Å²) in [6.45, 7) is 4.62. The molecule has 0 heterocycles. The average Bonchev–Trinajstić information content (AvgIpc) is 3.36. The number of ether oxygens (including phenoxy) is 4. The van der Waals surface area contributed by atoms with Gasteiger partial charge in [0.1, 0.15) is 13.2 Å². The van der Waals surface area contributed by atoms with Crippen molar-refractivity contribution in [3.63, 3.8) is 0 Å². The Morgan fingerprint density at radius 1 is 0.411 bits per heavy atom. The van der Waals surface area contributed by atoms with E-state index in [1.807, 2.05) is 21.1 Å². The molecule has 0 fully saturated rings. The smallest absolute Gasteiger partial charge is 0.361 e. The second-order valence-electron chi connectivity index (χ2n) is 20.2. The Morgan fingerprint density at radius 2 is 0.740 bits per heavy atom. The summed E-state index contributed by atoms with van der Waals surface area (Å²) in [5.41, 5.74) is 0. The number of aliphatic carboxylic acids is 1. The fourth-order valence-electron chi connectivity index (χ4n) is 7.62. The van der Waals surface area contributed by atoms with Crippen LogP contribution < -0.4 is 0 Å². The minimum atomic E-state index is -1.52. The van der Waals surface area contributed by atoms with Crippen molar-refractivity contribution in [3.05, 3.63) is 109 Å². The van der Waals surface area contributed by atoms with Gasteiger partial charge >= 0.3 is 17.9 Å². The number of hydrogen-bond donors (Lipinski definition) is 1. The van der Waals surface area contributed by atoms with Crippen LogP contribution in [0.1, 0.15) is 219 Å². The van der Waals surface area contributed by atoms with Crippen LogP contribution in [-0.2, 0) is 33.3 Å². The van der Waals surface area contributed by atoms with Crippen molar-refractivity contribution in [1.29, 1.82) is 0 Å². The molecule has 0 radical (unpaired) electrons. The van der Waals surface area contributed by atoms with Gasteiger partial charge in [-0.1, -0.05) is 220 Å². The zero-order valence-corrected chi connectivity index (χ0v) is 47.3. The van der Waals surface area contributed by atoms with Gasteiger partial charge in [0.15, 0.2) is 6.10 Å². The number of carbonyl (C=O) groups excluding carboxylic acids is 2. The number of nitrogens with zero attached hydrogens (tertiary/aromatic N) is 1. The van der Waals surface area contributed by atoms with E-state index in [1.54, 1.807) is 0 Å². The van der Waals surface area contributed by atoms with E-state index in [0.717, 1.165) is 116 Å². The first kappa shape index (κ1) is 69.0. The lowest BCUT2D eigenvalue weighted by atomic mass is 10.0. The fraction of sp³-hybridized carbons (Fsp3) is 0.672. The van der Waals surface area contributed by atoms with Gasteiger partial charge < -0.3 is 28.5 Å². The SMILES string of the molecule is CC/C=C\C/C=C\C/C=C\C/C=C\C/C=C\C/C=C\CCCCCCCCCCCCCCCCC(=O)OC(COC(=O)CCCCCCC/C=C\C/C=C\C/C=C\CC)COC(OCC[N+](C)(C)C)C(=O)O. The van der Waals surface area contributed by atoms with Crippen molar-refractivity contribution in [2.75, 3.05) is 47.5 Å². The maximum absolute atomic E-state index is 12.9. The Bertz CT molecular complexity index is 1560. The lowest BCUT2D eigenvalue weighted by Gasteiger charge is -2.25. The van der Waals surface area contributed by atoms with Crippen LogP contribution in [0.15, 0.2) is 109 Å². The third-order valence-electron chi connectivity index (χ3n) is 12.0. The van der Waals surface area contributed by atoms with Crippen LogP contribution in [-0.4, -0.2) is 87.4 Å². The molecule has 0 amide bonds. The highest BCUT2D eigenvalue weighted by molar-refractivity contribution is 5.71. The summed E-state index contributed by atoms with van der Waals surface area (Å²) in [7, 11) is 5.95. The number of likely N-dealkylation sites (N-methyl/N-ethyl adjacent to an activating group) is 1. The number of carboxylic acids is 1. The van der Waals surface area contributed by atoms with Crippen molar-refractivity contribution in [1.82, 2.24) is 0 Å². The Kier molecular flexibility index (Phi) is 51.2. The molecule has 0 saturated heterocycles. The second-order valence-corrected chi connectivity index (χ2v) is 20.2. The molecule has 416 valence electrons. The van der Waals surface area contributed by atoms with Crippen LogP contribution in [0.5, 0.6) is 0 Å². The Labute approximate surface area is 447 Å². The highest BCUT2D eigenvalue weighted by atomic mass is 16.7. The number of esters is 2. The monoisotopic (exact) mass is 1020 g/mol. The van der Waals surface area contributed by atoms with E-state index in [0.29, 0.717) is 17.4 Å². The summed E-state index contributed by atoms with van der Waals surface area (Å²) in [5.74, 6) is -2.04. The summed E-state index contributed by atoms with van der Waals surface area (Å²) >= 11 is 0. The molecular formula is C64H108NO8+. The topological polar surface area (TPSA) is 108 Å². The average molecular weight is 1020 g/mol. The second kappa shape index (κ2) is 54.2. The van der Waals surface area contributed by atoms with Crippen LogP contribution in [0.2, 0.25) is 0 Å². The van der Waals surface area contributed by atoms with Crippen molar-refractivity contribution in [2.24, 2.45) is 0 Å². The van der Waals surface area contributed by atoms with Gasteiger partial charge in [-0.2, -0.15) is 0 Å². The van der Waals surface area contributed by atoms with Crippen LogP contribution in [0.4, 0.5) is 0 Å². The zero-order chi connectivity index (χ0) is 53.4. The molecular weight excluding hydrogens is 911 g/mol. The lowest BCUT2D eigenvalue weighted by molar-refractivity contribution is -0.870. The van der Waals surface area contributed by atoms with E-state index in [2.05, 4.69) is 123 Å². The number of carbonyl (C=O) groups is 3. The minimum Gasteiger partial charge on any atom is -0.477 e. The molecule has 9 heteroatoms. The minimum absolute atomic E-state index is 0.180. The molecule has 73 heavy (non-hydrogen) atoms. The number of allylic oxidation sites excluding steroid dienone is 18. The normalized spacial score (nSPS) is 13.6. The molecule has 0 aromatic heterocycles. The molecule has 0 aliphatic carbocycles. The number of unbranched alkanes of at least 4 members (excludes halogenated alkanes) is 19. The Morgan fingerprint density at radius 3 is 1.10 bits per heavy atom. The largest absolute Gasteiger partial charge is 0.477 e. The third kappa shape index (κ3) is 55.5. The van der Waals surface area contributed by atoms with E-state index in [1.165, 1.54) is 70.6 Å². The lowest BCUT2D eigenvalue weighted by Crippen LogP contribution is -2.40. The highest BCUT2D eigenvalue weighted by Crippen LogP contribution is 2.15. The molecule has 0 rings (SSSR count). The van der Waals surface area contributed by atoms with Crippen molar-refractivity contribution >= 4 is 17.9 Å². The predicted octanol–water partition coefficient (Wildman–Crippen LogP) is 17.1. The summed E-state index contributed by atoms with van der Waals surface area (Å²) in [4.78, 5) is 37.4. The van der Waals surface area contributed by atoms with Crippen molar-refractivity contribution in [2.45, 2.75) is 232 Å². The first-order valence-electron chi connectivity index (χ1n) is 29.1. The Balaban J connectivity index is 4.18. The van der Waals surface area contributed by atoms with Gasteiger partial charge in [-0.25, -0.2) is 4.79 Å². The first-order chi connectivity index (χ1) is 35.6. The first-order valence-corrected chi connectivity index (χ1v) is 29.1. The fourth-order valence-corrected chi connectivity index (χ4v) is 7.62. The van der Waals surface area contributed by atoms with Crippen LogP contribution in [0.25, 0.3) is 0 Å². The van der Waals surface area contributed by atoms with E-state index in [9.17, 15) is 19.5 Å². The third-order valence-corrected chi connectivity index (χ3v) is 12.0. The molecule has 0 aromatic carbocycles. The molecule has 2 unspecified atom stereocenters. The summed E-state index contributed by atoms with van der Waals surface area (Å²) in [5, 5.41) is 9.69.